The van der Waals surface area contributed by atoms with E-state index in [2.05, 4.69) is 5.10 Å². The van der Waals surface area contributed by atoms with Crippen LogP contribution in [0, 0.1) is 13.8 Å². The molecule has 0 atom stereocenters. The van der Waals surface area contributed by atoms with Crippen molar-refractivity contribution in [2.24, 2.45) is 7.05 Å². The van der Waals surface area contributed by atoms with Crippen molar-refractivity contribution < 1.29 is 35.2 Å². The average Bonchev–Trinajstić information content (AvgIpc) is 2.76. The van der Waals surface area contributed by atoms with E-state index in [-0.39, 0.29) is 17.3 Å². The zero-order valence-corrected chi connectivity index (χ0v) is 15.8. The number of sulfone groups is 1. The molecule has 28 heavy (non-hydrogen) atoms. The first-order valence-electron chi connectivity index (χ1n) is 7.60. The number of aromatic nitrogens is 2. The van der Waals surface area contributed by atoms with Gasteiger partial charge in [0.2, 0.25) is 5.78 Å². The quantitative estimate of drug-likeness (QED) is 0.601. The maximum Gasteiger partial charge on any atom is 0.458 e. The van der Waals surface area contributed by atoms with Gasteiger partial charge in [-0.2, -0.15) is 22.0 Å². The van der Waals surface area contributed by atoms with Gasteiger partial charge in [-0.05, 0) is 19.4 Å². The Morgan fingerprint density at radius 1 is 1.11 bits per heavy atom. The summed E-state index contributed by atoms with van der Waals surface area (Å²) >= 11 is 0. The number of ketones is 1. The van der Waals surface area contributed by atoms with E-state index in [4.69, 9.17) is 0 Å². The van der Waals surface area contributed by atoms with E-state index in [1.54, 1.807) is 0 Å². The van der Waals surface area contributed by atoms with Gasteiger partial charge in [-0.15, -0.1) is 0 Å². The molecule has 0 radical (unpaired) electrons. The summed E-state index contributed by atoms with van der Waals surface area (Å²) in [6.45, 7) is 2.32. The van der Waals surface area contributed by atoms with Crippen molar-refractivity contribution in [3.63, 3.8) is 0 Å². The number of aromatic amines is 1. The molecule has 12 heteroatoms. The first-order valence-corrected chi connectivity index (χ1v) is 9.50. The number of aryl methyl sites for hydroxylation is 2. The minimum absolute atomic E-state index is 0.127. The highest BCUT2D eigenvalue weighted by Gasteiger charge is 2.60. The standard InChI is InChI=1S/C16H15F5N2O4S/c1-7-9(12(24)11-8(2)22-23(3)14(11)25)5-6-10(13(7)28(4,26)27)15(17,18)16(19,20)21/h5-6,22H,1-4H3. The molecule has 154 valence electrons. The van der Waals surface area contributed by atoms with Crippen molar-refractivity contribution in [2.45, 2.75) is 30.8 Å². The second kappa shape index (κ2) is 6.54. The third kappa shape index (κ3) is 3.36. The van der Waals surface area contributed by atoms with Gasteiger partial charge in [0.1, 0.15) is 5.56 Å². The monoisotopic (exact) mass is 426 g/mol. The molecular weight excluding hydrogens is 411 g/mol. The number of nitrogens with zero attached hydrogens (tertiary/aromatic N) is 1. The number of hydrogen-bond acceptors (Lipinski definition) is 4. The maximum atomic E-state index is 13.9. The molecule has 0 fully saturated rings. The van der Waals surface area contributed by atoms with E-state index in [1.165, 1.54) is 14.0 Å². The molecule has 1 N–H and O–H groups in total. The van der Waals surface area contributed by atoms with E-state index in [0.29, 0.717) is 12.3 Å². The van der Waals surface area contributed by atoms with Crippen molar-refractivity contribution in [1.29, 1.82) is 0 Å². The minimum atomic E-state index is -6.04. The average molecular weight is 426 g/mol. The lowest BCUT2D eigenvalue weighted by molar-refractivity contribution is -0.290. The largest absolute Gasteiger partial charge is 0.458 e. The summed E-state index contributed by atoms with van der Waals surface area (Å²) in [5.41, 5.74) is -3.86. The number of H-pyrrole nitrogens is 1. The summed E-state index contributed by atoms with van der Waals surface area (Å²) in [4.78, 5) is 23.5. The number of carbonyl (C=O) groups excluding carboxylic acids is 1. The lowest BCUT2D eigenvalue weighted by atomic mass is 9.95. The van der Waals surface area contributed by atoms with Gasteiger partial charge >= 0.3 is 12.1 Å². The van der Waals surface area contributed by atoms with Crippen LogP contribution in [0.3, 0.4) is 0 Å². The Bertz CT molecular complexity index is 1130. The highest BCUT2D eigenvalue weighted by atomic mass is 32.2. The second-order valence-corrected chi connectivity index (χ2v) is 8.22. The van der Waals surface area contributed by atoms with Gasteiger partial charge < -0.3 is 0 Å². The van der Waals surface area contributed by atoms with Crippen LogP contribution in [0.4, 0.5) is 22.0 Å². The summed E-state index contributed by atoms with van der Waals surface area (Å²) in [5, 5.41) is 2.54. The fourth-order valence-electron chi connectivity index (χ4n) is 2.90. The Hall–Kier alpha value is -2.50. The summed E-state index contributed by atoms with van der Waals surface area (Å²) < 4.78 is 91.2. The number of rotatable bonds is 4. The number of alkyl halides is 5. The third-order valence-electron chi connectivity index (χ3n) is 4.17. The Morgan fingerprint density at radius 2 is 1.64 bits per heavy atom. The molecule has 2 aromatic rings. The van der Waals surface area contributed by atoms with Gasteiger partial charge in [0.25, 0.3) is 5.56 Å². The van der Waals surface area contributed by atoms with E-state index < -0.39 is 54.9 Å². The number of halogens is 5. The number of benzene rings is 1. The van der Waals surface area contributed by atoms with Crippen LogP contribution < -0.4 is 5.56 Å². The molecule has 0 aliphatic carbocycles. The Labute approximate surface area is 155 Å². The molecule has 0 bridgehead atoms. The van der Waals surface area contributed by atoms with Gasteiger partial charge in [0.05, 0.1) is 4.90 Å². The van der Waals surface area contributed by atoms with E-state index in [1.807, 2.05) is 0 Å². The highest BCUT2D eigenvalue weighted by molar-refractivity contribution is 7.90. The Morgan fingerprint density at radius 3 is 2.04 bits per heavy atom. The number of hydrogen-bond donors (Lipinski definition) is 1. The van der Waals surface area contributed by atoms with Crippen molar-refractivity contribution in [1.82, 2.24) is 9.78 Å². The van der Waals surface area contributed by atoms with Crippen LogP contribution in [0.25, 0.3) is 0 Å². The molecule has 0 saturated heterocycles. The fourth-order valence-corrected chi connectivity index (χ4v) is 4.17. The van der Waals surface area contributed by atoms with Crippen LogP contribution in [0.1, 0.15) is 32.7 Å². The highest BCUT2D eigenvalue weighted by Crippen LogP contribution is 2.47. The Balaban J connectivity index is 2.86. The first-order chi connectivity index (χ1) is 12.5. The predicted molar refractivity (Wildman–Crippen MR) is 88.4 cm³/mol. The van der Waals surface area contributed by atoms with Gasteiger partial charge in [-0.1, -0.05) is 12.1 Å². The fraction of sp³-hybridized carbons (Fsp3) is 0.375. The molecule has 0 amide bonds. The molecule has 1 aromatic heterocycles. The van der Waals surface area contributed by atoms with Crippen LogP contribution in [0.5, 0.6) is 0 Å². The maximum absolute atomic E-state index is 13.9. The molecule has 0 aliphatic heterocycles. The van der Waals surface area contributed by atoms with Crippen LogP contribution in [0.15, 0.2) is 21.8 Å². The molecule has 0 unspecified atom stereocenters. The smallest absolute Gasteiger partial charge is 0.299 e. The van der Waals surface area contributed by atoms with Crippen LogP contribution in [-0.4, -0.2) is 36.4 Å². The van der Waals surface area contributed by atoms with E-state index >= 15 is 0 Å². The van der Waals surface area contributed by atoms with Crippen LogP contribution >= 0.6 is 0 Å². The molecule has 0 saturated carbocycles. The first kappa shape index (κ1) is 21.8. The molecule has 0 spiro atoms. The summed E-state index contributed by atoms with van der Waals surface area (Å²) in [5.74, 6) is -6.46. The third-order valence-corrected chi connectivity index (χ3v) is 5.44. The molecule has 1 aromatic carbocycles. The van der Waals surface area contributed by atoms with E-state index in [9.17, 15) is 40.0 Å². The lowest BCUT2D eigenvalue weighted by Gasteiger charge is -2.23. The lowest BCUT2D eigenvalue weighted by Crippen LogP contribution is -2.35. The molecule has 6 nitrogen and oxygen atoms in total. The van der Waals surface area contributed by atoms with Gasteiger partial charge in [0.15, 0.2) is 9.84 Å². The van der Waals surface area contributed by atoms with Crippen molar-refractivity contribution in [2.75, 3.05) is 6.26 Å². The molecule has 2 rings (SSSR count). The van der Waals surface area contributed by atoms with E-state index in [0.717, 1.165) is 11.6 Å². The number of carbonyl (C=O) groups is 1. The van der Waals surface area contributed by atoms with Crippen molar-refractivity contribution >= 4 is 15.6 Å². The SMILES string of the molecule is Cc1[nH]n(C)c(=O)c1C(=O)c1ccc(C(F)(F)C(F)(F)F)c(S(C)(=O)=O)c1C. The molecular formula is C16H15F5N2O4S. The minimum Gasteiger partial charge on any atom is -0.299 e. The van der Waals surface area contributed by atoms with Crippen molar-refractivity contribution in [3.8, 4) is 0 Å². The zero-order chi connectivity index (χ0) is 21.8. The normalized spacial score (nSPS) is 13.0. The molecule has 0 aliphatic rings. The van der Waals surface area contributed by atoms with Gasteiger partial charge in [-0.25, -0.2) is 8.42 Å². The van der Waals surface area contributed by atoms with Crippen LogP contribution in [-0.2, 0) is 22.8 Å². The topological polar surface area (TPSA) is 89.0 Å². The number of nitrogens with one attached hydrogen (secondary N) is 1. The predicted octanol–water partition coefficient (Wildman–Crippen LogP) is 2.62. The molecule has 1 heterocycles. The summed E-state index contributed by atoms with van der Waals surface area (Å²) in [6, 6.07) is 0.907. The van der Waals surface area contributed by atoms with Gasteiger partial charge in [0, 0.05) is 30.1 Å². The summed E-state index contributed by atoms with van der Waals surface area (Å²) in [6.07, 6.45) is -5.59. The second-order valence-electron chi connectivity index (χ2n) is 6.26. The zero-order valence-electron chi connectivity index (χ0n) is 15.0. The summed E-state index contributed by atoms with van der Waals surface area (Å²) in [7, 11) is -3.27. The Kier molecular flexibility index (Phi) is 5.09. The van der Waals surface area contributed by atoms with Gasteiger partial charge in [-0.3, -0.25) is 19.4 Å². The van der Waals surface area contributed by atoms with Crippen LogP contribution in [0.2, 0.25) is 0 Å². The van der Waals surface area contributed by atoms with Crippen molar-refractivity contribution in [3.05, 3.63) is 50.4 Å².